The summed E-state index contributed by atoms with van der Waals surface area (Å²) >= 11 is 0. The molecule has 2 aromatic rings. The van der Waals surface area contributed by atoms with Crippen LogP contribution in [0.4, 0.5) is 0 Å². The molecule has 4 rings (SSSR count). The molecule has 2 aliphatic rings. The maximum absolute atomic E-state index is 13.3. The fourth-order valence-electron chi connectivity index (χ4n) is 3.77. The van der Waals surface area contributed by atoms with Crippen LogP contribution in [-0.2, 0) is 9.47 Å². The molecule has 1 fully saturated rings. The molecule has 1 saturated heterocycles. The van der Waals surface area contributed by atoms with E-state index in [-0.39, 0.29) is 22.6 Å². The van der Waals surface area contributed by atoms with Gasteiger partial charge in [0.2, 0.25) is 5.78 Å². The van der Waals surface area contributed by atoms with Gasteiger partial charge in [0.15, 0.2) is 30.0 Å². The first-order valence-electron chi connectivity index (χ1n) is 9.72. The Morgan fingerprint density at radius 2 is 1.59 bits per heavy atom. The zero-order valence-corrected chi connectivity index (χ0v) is 16.7. The van der Waals surface area contributed by atoms with Gasteiger partial charge in [-0.3, -0.25) is 4.79 Å². The largest absolute Gasteiger partial charge is 0.508 e. The van der Waals surface area contributed by atoms with Crippen LogP contribution in [0.5, 0.6) is 28.7 Å². The van der Waals surface area contributed by atoms with Crippen LogP contribution in [-0.4, -0.2) is 78.3 Å². The van der Waals surface area contributed by atoms with E-state index in [1.165, 1.54) is 19.1 Å². The number of rotatable bonds is 3. The lowest BCUT2D eigenvalue weighted by atomic mass is 9.92. The summed E-state index contributed by atoms with van der Waals surface area (Å²) in [5.74, 6) is -2.79. The Bertz CT molecular complexity index is 1040. The second kappa shape index (κ2) is 8.11. The summed E-state index contributed by atoms with van der Waals surface area (Å²) in [5, 5.41) is 69.7. The fraction of sp³-hybridized carbons (Fsp3) is 0.381. The fourth-order valence-corrected chi connectivity index (χ4v) is 3.77. The monoisotopic (exact) mass is 450 g/mol. The standard InChI is InChI=1S/C21H22O11/c1-7-15(26)17(28)18(29)21(30-7)32-20-16(27)14-12(25)5-9(22)6-13(14)31-19(20)8-2-3-10(23)11(24)4-8/h2-7,15,17-26,28-29H,1H3/t7-,15-,17+,18+,19-,20+,21+/m1/s1. The first-order chi connectivity index (χ1) is 15.1. The zero-order chi connectivity index (χ0) is 23.3. The molecule has 0 unspecified atom stereocenters. The highest BCUT2D eigenvalue weighted by Crippen LogP contribution is 2.44. The van der Waals surface area contributed by atoms with Gasteiger partial charge < -0.3 is 50.0 Å². The highest BCUT2D eigenvalue weighted by molar-refractivity contribution is 6.05. The number of aromatic hydroxyl groups is 4. The maximum Gasteiger partial charge on any atom is 0.203 e. The molecule has 2 aliphatic heterocycles. The van der Waals surface area contributed by atoms with Crippen LogP contribution in [0.2, 0.25) is 0 Å². The third kappa shape index (κ3) is 3.70. The van der Waals surface area contributed by atoms with Gasteiger partial charge >= 0.3 is 0 Å². The molecule has 0 amide bonds. The minimum absolute atomic E-state index is 0.154. The van der Waals surface area contributed by atoms with E-state index in [1.54, 1.807) is 0 Å². The van der Waals surface area contributed by atoms with Crippen LogP contribution >= 0.6 is 0 Å². The number of Topliss-reactive ketones (excluding diaryl/α,β-unsaturated/α-hetero) is 1. The summed E-state index contributed by atoms with van der Waals surface area (Å²) in [6.07, 6.45) is -10.0. The van der Waals surface area contributed by atoms with Crippen molar-refractivity contribution in [2.45, 2.75) is 49.8 Å². The van der Waals surface area contributed by atoms with Crippen LogP contribution < -0.4 is 4.74 Å². The Kier molecular flexibility index (Phi) is 5.61. The van der Waals surface area contributed by atoms with Crippen LogP contribution in [0.15, 0.2) is 30.3 Å². The Labute approximate surface area is 181 Å². The van der Waals surface area contributed by atoms with Crippen molar-refractivity contribution in [3.05, 3.63) is 41.5 Å². The first-order valence-corrected chi connectivity index (χ1v) is 9.72. The Morgan fingerprint density at radius 3 is 2.28 bits per heavy atom. The zero-order valence-electron chi connectivity index (χ0n) is 16.7. The molecular formula is C21H22O11. The van der Waals surface area contributed by atoms with Gasteiger partial charge in [-0.1, -0.05) is 6.07 Å². The van der Waals surface area contributed by atoms with Gasteiger partial charge in [-0.2, -0.15) is 0 Å². The number of phenols is 4. The van der Waals surface area contributed by atoms with Crippen molar-refractivity contribution in [2.75, 3.05) is 0 Å². The topological polar surface area (TPSA) is 186 Å². The molecule has 32 heavy (non-hydrogen) atoms. The lowest BCUT2D eigenvalue weighted by Gasteiger charge is -2.42. The van der Waals surface area contributed by atoms with Crippen LogP contribution in [0.25, 0.3) is 0 Å². The quantitative estimate of drug-likeness (QED) is 0.313. The predicted octanol–water partition coefficient (Wildman–Crippen LogP) is 0.0381. The summed E-state index contributed by atoms with van der Waals surface area (Å²) < 4.78 is 16.9. The number of ketones is 1. The SMILES string of the molecule is C[C@H]1O[C@@H](O[C@H]2C(=O)c3c(O)cc(O)cc3O[C@@H]2c2ccc(O)c(O)c2)[C@@H](O)[C@@H](O)[C@@H]1O. The van der Waals surface area contributed by atoms with E-state index in [1.807, 2.05) is 0 Å². The highest BCUT2D eigenvalue weighted by Gasteiger charge is 2.48. The number of phenolic OH excluding ortho intramolecular Hbond substituents is 4. The average molecular weight is 450 g/mol. The molecule has 2 aromatic carbocycles. The normalized spacial score (nSPS) is 32.2. The van der Waals surface area contributed by atoms with E-state index < -0.39 is 65.9 Å². The molecule has 2 heterocycles. The van der Waals surface area contributed by atoms with E-state index in [0.29, 0.717) is 0 Å². The maximum atomic E-state index is 13.3. The number of aliphatic hydroxyl groups is 3. The number of carbonyl (C=O) groups excluding carboxylic acids is 1. The molecular weight excluding hydrogens is 428 g/mol. The van der Waals surface area contributed by atoms with Gasteiger partial charge in [-0.25, -0.2) is 0 Å². The minimum Gasteiger partial charge on any atom is -0.508 e. The second-order valence-electron chi connectivity index (χ2n) is 7.73. The Hall–Kier alpha value is -3.09. The summed E-state index contributed by atoms with van der Waals surface area (Å²) in [6.45, 7) is 1.44. The molecule has 0 aromatic heterocycles. The number of hydrogen-bond donors (Lipinski definition) is 7. The van der Waals surface area contributed by atoms with E-state index >= 15 is 0 Å². The summed E-state index contributed by atoms with van der Waals surface area (Å²) in [5.41, 5.74) is -0.1000. The summed E-state index contributed by atoms with van der Waals surface area (Å²) in [7, 11) is 0. The van der Waals surface area contributed by atoms with Gasteiger partial charge in [-0.05, 0) is 24.6 Å². The molecule has 0 bridgehead atoms. The molecule has 11 nitrogen and oxygen atoms in total. The third-order valence-electron chi connectivity index (χ3n) is 5.52. The minimum atomic E-state index is -1.71. The van der Waals surface area contributed by atoms with Crippen molar-refractivity contribution in [1.82, 2.24) is 0 Å². The summed E-state index contributed by atoms with van der Waals surface area (Å²) in [6, 6.07) is 5.72. The lowest BCUT2D eigenvalue weighted by molar-refractivity contribution is -0.304. The van der Waals surface area contributed by atoms with Crippen LogP contribution in [0, 0.1) is 0 Å². The number of benzene rings is 2. The first kappa shape index (κ1) is 22.1. The molecule has 0 radical (unpaired) electrons. The number of aliphatic hydroxyl groups excluding tert-OH is 3. The predicted molar refractivity (Wildman–Crippen MR) is 104 cm³/mol. The molecule has 0 spiro atoms. The second-order valence-corrected chi connectivity index (χ2v) is 7.73. The van der Waals surface area contributed by atoms with Gasteiger partial charge in [0.1, 0.15) is 41.1 Å². The molecule has 0 aliphatic carbocycles. The Balaban J connectivity index is 1.75. The van der Waals surface area contributed by atoms with Crippen molar-refractivity contribution in [1.29, 1.82) is 0 Å². The van der Waals surface area contributed by atoms with Gasteiger partial charge in [0, 0.05) is 12.1 Å². The summed E-state index contributed by atoms with van der Waals surface area (Å²) in [4.78, 5) is 13.3. The van der Waals surface area contributed by atoms with Crippen LogP contribution in [0.1, 0.15) is 28.9 Å². The molecule has 11 heteroatoms. The van der Waals surface area contributed by atoms with Crippen molar-refractivity contribution in [2.24, 2.45) is 0 Å². The number of fused-ring (bicyclic) bond motifs is 1. The Morgan fingerprint density at radius 1 is 0.875 bits per heavy atom. The average Bonchev–Trinajstić information content (AvgIpc) is 2.73. The van der Waals surface area contributed by atoms with Gasteiger partial charge in [0.05, 0.1) is 6.10 Å². The van der Waals surface area contributed by atoms with Gasteiger partial charge in [0.25, 0.3) is 0 Å². The van der Waals surface area contributed by atoms with Crippen molar-refractivity contribution in [3.8, 4) is 28.7 Å². The number of carbonyl (C=O) groups is 1. The van der Waals surface area contributed by atoms with Crippen LogP contribution in [0.3, 0.4) is 0 Å². The van der Waals surface area contributed by atoms with E-state index in [2.05, 4.69) is 0 Å². The van der Waals surface area contributed by atoms with Gasteiger partial charge in [-0.15, -0.1) is 0 Å². The van der Waals surface area contributed by atoms with Crippen molar-refractivity contribution in [3.63, 3.8) is 0 Å². The smallest absolute Gasteiger partial charge is 0.203 e. The number of hydrogen-bond acceptors (Lipinski definition) is 11. The third-order valence-corrected chi connectivity index (χ3v) is 5.52. The van der Waals surface area contributed by atoms with E-state index in [9.17, 15) is 40.5 Å². The van der Waals surface area contributed by atoms with Crippen molar-refractivity contribution < 1.29 is 54.8 Å². The molecule has 0 saturated carbocycles. The molecule has 7 N–H and O–H groups in total. The highest BCUT2D eigenvalue weighted by atomic mass is 16.7. The van der Waals surface area contributed by atoms with E-state index in [0.717, 1.165) is 18.2 Å². The molecule has 172 valence electrons. The number of ether oxygens (including phenoxy) is 3. The molecule has 7 atom stereocenters. The van der Waals surface area contributed by atoms with Crippen molar-refractivity contribution >= 4 is 5.78 Å². The lowest BCUT2D eigenvalue weighted by Crippen LogP contribution is -2.59. The van der Waals surface area contributed by atoms with E-state index in [4.69, 9.17) is 14.2 Å².